The van der Waals surface area contributed by atoms with Crippen molar-refractivity contribution in [2.75, 3.05) is 6.26 Å². The molecule has 1 aromatic carbocycles. The Labute approximate surface area is 105 Å². The van der Waals surface area contributed by atoms with Crippen molar-refractivity contribution in [3.63, 3.8) is 0 Å². The monoisotopic (exact) mass is 249 g/mol. The van der Waals surface area contributed by atoms with Crippen LogP contribution in [0.3, 0.4) is 0 Å². The molecular formula is C12H15N3OS. The number of benzene rings is 1. The first-order valence-electron chi connectivity index (χ1n) is 5.48. The number of thioether (sulfide) groups is 1. The van der Waals surface area contributed by atoms with Gasteiger partial charge in [-0.3, -0.25) is 0 Å². The topological polar surface area (TPSA) is 64.9 Å². The minimum atomic E-state index is -0.179. The predicted octanol–water partition coefficient (Wildman–Crippen LogP) is 2.87. The maximum Gasteiger partial charge on any atom is 0.243 e. The van der Waals surface area contributed by atoms with Gasteiger partial charge >= 0.3 is 0 Å². The summed E-state index contributed by atoms with van der Waals surface area (Å²) >= 11 is 1.70. The van der Waals surface area contributed by atoms with E-state index in [1.54, 1.807) is 11.8 Å². The summed E-state index contributed by atoms with van der Waals surface area (Å²) in [5.74, 6) is 1.09. The lowest BCUT2D eigenvalue weighted by Crippen LogP contribution is -2.08. The lowest BCUT2D eigenvalue weighted by atomic mass is 10.2. The highest BCUT2D eigenvalue weighted by atomic mass is 32.2. The zero-order valence-corrected chi connectivity index (χ0v) is 10.7. The van der Waals surface area contributed by atoms with Crippen molar-refractivity contribution in [2.45, 2.75) is 24.3 Å². The molecule has 1 heterocycles. The molecule has 1 atom stereocenters. The summed E-state index contributed by atoms with van der Waals surface area (Å²) in [6.07, 6.45) is 2.83. The van der Waals surface area contributed by atoms with Gasteiger partial charge in [0, 0.05) is 10.5 Å². The summed E-state index contributed by atoms with van der Waals surface area (Å²) in [7, 11) is 0. The van der Waals surface area contributed by atoms with Crippen LogP contribution in [0, 0.1) is 0 Å². The van der Waals surface area contributed by atoms with E-state index >= 15 is 0 Å². The van der Waals surface area contributed by atoms with Gasteiger partial charge in [-0.1, -0.05) is 12.1 Å². The fourth-order valence-corrected chi connectivity index (χ4v) is 1.83. The smallest absolute Gasteiger partial charge is 0.243 e. The molecular weight excluding hydrogens is 234 g/mol. The molecule has 1 aromatic heterocycles. The SMILES string of the molecule is CC[C@H](N)c1nc(-c2ccc(SC)cc2)no1. The summed E-state index contributed by atoms with van der Waals surface area (Å²) in [5, 5.41) is 3.94. The minimum absolute atomic E-state index is 0.179. The summed E-state index contributed by atoms with van der Waals surface area (Å²) in [6, 6.07) is 7.86. The summed E-state index contributed by atoms with van der Waals surface area (Å²) in [4.78, 5) is 5.51. The third kappa shape index (κ3) is 2.68. The number of hydrogen-bond acceptors (Lipinski definition) is 5. The van der Waals surface area contributed by atoms with E-state index in [4.69, 9.17) is 10.3 Å². The molecule has 2 rings (SSSR count). The maximum atomic E-state index is 5.83. The molecule has 0 aliphatic rings. The van der Waals surface area contributed by atoms with E-state index in [2.05, 4.69) is 10.1 Å². The van der Waals surface area contributed by atoms with Crippen molar-refractivity contribution in [3.05, 3.63) is 30.2 Å². The van der Waals surface area contributed by atoms with E-state index in [0.29, 0.717) is 11.7 Å². The van der Waals surface area contributed by atoms with Crippen LogP contribution in [0.2, 0.25) is 0 Å². The highest BCUT2D eigenvalue weighted by Gasteiger charge is 2.13. The summed E-state index contributed by atoms with van der Waals surface area (Å²) < 4.78 is 5.14. The predicted molar refractivity (Wildman–Crippen MR) is 68.7 cm³/mol. The number of nitrogens with two attached hydrogens (primary N) is 1. The minimum Gasteiger partial charge on any atom is -0.337 e. The van der Waals surface area contributed by atoms with E-state index in [1.165, 1.54) is 4.90 Å². The Hall–Kier alpha value is -1.33. The van der Waals surface area contributed by atoms with Crippen LogP contribution in [0.5, 0.6) is 0 Å². The summed E-state index contributed by atoms with van der Waals surface area (Å²) in [6.45, 7) is 1.99. The Morgan fingerprint density at radius 2 is 2.06 bits per heavy atom. The molecule has 0 aliphatic heterocycles. The molecule has 0 amide bonds. The van der Waals surface area contributed by atoms with Crippen LogP contribution in [0.15, 0.2) is 33.7 Å². The Morgan fingerprint density at radius 1 is 1.35 bits per heavy atom. The highest BCUT2D eigenvalue weighted by Crippen LogP contribution is 2.22. The van der Waals surface area contributed by atoms with Gasteiger partial charge in [-0.15, -0.1) is 11.8 Å². The van der Waals surface area contributed by atoms with Crippen LogP contribution in [-0.2, 0) is 0 Å². The van der Waals surface area contributed by atoms with Crippen LogP contribution >= 0.6 is 11.8 Å². The molecule has 0 spiro atoms. The van der Waals surface area contributed by atoms with Gasteiger partial charge in [0.2, 0.25) is 11.7 Å². The van der Waals surface area contributed by atoms with Gasteiger partial charge in [-0.2, -0.15) is 4.98 Å². The fraction of sp³-hybridized carbons (Fsp3) is 0.333. The lowest BCUT2D eigenvalue weighted by molar-refractivity contribution is 0.352. The number of aromatic nitrogens is 2. The molecule has 17 heavy (non-hydrogen) atoms. The second-order valence-corrected chi connectivity index (χ2v) is 4.58. The van der Waals surface area contributed by atoms with E-state index in [-0.39, 0.29) is 6.04 Å². The van der Waals surface area contributed by atoms with Crippen molar-refractivity contribution >= 4 is 11.8 Å². The number of rotatable bonds is 4. The van der Waals surface area contributed by atoms with Gasteiger partial charge in [0.1, 0.15) is 0 Å². The zero-order chi connectivity index (χ0) is 12.3. The number of hydrogen-bond donors (Lipinski definition) is 1. The van der Waals surface area contributed by atoms with Gasteiger partial charge in [-0.25, -0.2) is 0 Å². The first kappa shape index (κ1) is 12.1. The zero-order valence-electron chi connectivity index (χ0n) is 9.88. The lowest BCUT2D eigenvalue weighted by Gasteiger charge is -1.99. The second kappa shape index (κ2) is 5.33. The van der Waals surface area contributed by atoms with E-state index in [1.807, 2.05) is 37.4 Å². The van der Waals surface area contributed by atoms with E-state index in [9.17, 15) is 0 Å². The van der Waals surface area contributed by atoms with Gasteiger partial charge in [0.05, 0.1) is 6.04 Å². The molecule has 5 heteroatoms. The first-order chi connectivity index (χ1) is 8.24. The van der Waals surface area contributed by atoms with Crippen LogP contribution in [0.1, 0.15) is 25.3 Å². The van der Waals surface area contributed by atoms with Crippen LogP contribution < -0.4 is 5.73 Å². The van der Waals surface area contributed by atoms with Gasteiger partial charge in [0.25, 0.3) is 0 Å². The molecule has 0 unspecified atom stereocenters. The quantitative estimate of drug-likeness (QED) is 0.844. The second-order valence-electron chi connectivity index (χ2n) is 3.70. The van der Waals surface area contributed by atoms with E-state index < -0.39 is 0 Å². The first-order valence-corrected chi connectivity index (χ1v) is 6.70. The molecule has 0 saturated carbocycles. The van der Waals surface area contributed by atoms with Crippen LogP contribution in [-0.4, -0.2) is 16.4 Å². The molecule has 0 saturated heterocycles. The van der Waals surface area contributed by atoms with Gasteiger partial charge in [-0.05, 0) is 36.9 Å². The Kier molecular flexibility index (Phi) is 3.81. The Balaban J connectivity index is 2.24. The molecule has 0 fully saturated rings. The largest absolute Gasteiger partial charge is 0.337 e. The molecule has 90 valence electrons. The Bertz CT molecular complexity index is 481. The van der Waals surface area contributed by atoms with E-state index in [0.717, 1.165) is 12.0 Å². The average molecular weight is 249 g/mol. The molecule has 2 aromatic rings. The number of nitrogens with zero attached hydrogens (tertiary/aromatic N) is 2. The molecule has 0 bridgehead atoms. The maximum absolute atomic E-state index is 5.83. The van der Waals surface area contributed by atoms with Crippen molar-refractivity contribution in [1.82, 2.24) is 10.1 Å². The third-order valence-corrected chi connectivity index (χ3v) is 3.29. The fourth-order valence-electron chi connectivity index (χ4n) is 1.42. The highest BCUT2D eigenvalue weighted by molar-refractivity contribution is 7.98. The van der Waals surface area contributed by atoms with Crippen molar-refractivity contribution < 1.29 is 4.52 Å². The van der Waals surface area contributed by atoms with Crippen molar-refractivity contribution in [1.29, 1.82) is 0 Å². The third-order valence-electron chi connectivity index (χ3n) is 2.55. The molecule has 0 radical (unpaired) electrons. The molecule has 0 aliphatic carbocycles. The van der Waals surface area contributed by atoms with Crippen molar-refractivity contribution in [2.24, 2.45) is 5.73 Å². The van der Waals surface area contributed by atoms with Crippen LogP contribution in [0.4, 0.5) is 0 Å². The normalized spacial score (nSPS) is 12.6. The average Bonchev–Trinajstić information content (AvgIpc) is 2.87. The van der Waals surface area contributed by atoms with Crippen LogP contribution in [0.25, 0.3) is 11.4 Å². The molecule has 2 N–H and O–H groups in total. The summed E-state index contributed by atoms with van der Waals surface area (Å²) in [5.41, 5.74) is 6.78. The van der Waals surface area contributed by atoms with Crippen molar-refractivity contribution in [3.8, 4) is 11.4 Å². The molecule has 4 nitrogen and oxygen atoms in total. The van der Waals surface area contributed by atoms with Gasteiger partial charge < -0.3 is 10.3 Å². The van der Waals surface area contributed by atoms with Gasteiger partial charge in [0.15, 0.2) is 0 Å². The standard InChI is InChI=1S/C12H15N3OS/c1-3-10(13)12-14-11(15-16-12)8-4-6-9(17-2)7-5-8/h4-7,10H,3,13H2,1-2H3/t10-/m0/s1. The Morgan fingerprint density at radius 3 is 2.65 bits per heavy atom.